The van der Waals surface area contributed by atoms with Crippen molar-refractivity contribution in [1.29, 1.82) is 0 Å². The van der Waals surface area contributed by atoms with Crippen LogP contribution in [0.25, 0.3) is 5.65 Å². The zero-order chi connectivity index (χ0) is 13.1. The van der Waals surface area contributed by atoms with Gasteiger partial charge in [-0.3, -0.25) is 0 Å². The Morgan fingerprint density at radius 1 is 1.18 bits per heavy atom. The molecule has 2 aromatic rings. The summed E-state index contributed by atoms with van der Waals surface area (Å²) in [6, 6.07) is 5.96. The molecule has 0 aromatic carbocycles. The fourth-order valence-corrected chi connectivity index (χ4v) is 1.49. The average Bonchev–Trinajstić information content (AvgIpc) is 2.17. The molecule has 8 heteroatoms. The van der Waals surface area contributed by atoms with Gasteiger partial charge < -0.3 is 0 Å². The van der Waals surface area contributed by atoms with Crippen LogP contribution in [0, 0.1) is 17.2 Å². The van der Waals surface area contributed by atoms with E-state index in [1.54, 1.807) is 0 Å². The molecule has 0 radical (unpaired) electrons. The smallest absolute Gasteiger partial charge is 0.222 e. The first-order chi connectivity index (χ1) is 7.77. The Hall–Kier alpha value is -0.830. The van der Waals surface area contributed by atoms with E-state index in [0.29, 0.717) is 0 Å². The number of aryl methyl sites for hydroxylation is 1. The van der Waals surface area contributed by atoms with Crippen molar-refractivity contribution in [2.75, 3.05) is 0 Å². The van der Waals surface area contributed by atoms with E-state index in [-0.39, 0.29) is 0 Å². The second-order valence-corrected chi connectivity index (χ2v) is 4.71. The number of hydrogen-bond donors (Lipinski definition) is 0. The lowest BCUT2D eigenvalue weighted by molar-refractivity contribution is -2.00. The Morgan fingerprint density at radius 2 is 1.76 bits per heavy atom. The predicted molar refractivity (Wildman–Crippen MR) is 49.8 cm³/mol. The first kappa shape index (κ1) is 14.2. The van der Waals surface area contributed by atoms with Crippen LogP contribution in [0.1, 0.15) is 5.69 Å². The van der Waals surface area contributed by atoms with Crippen LogP contribution in [0.4, 0.5) is 0 Å². The topological polar surface area (TPSA) is 109 Å². The summed E-state index contributed by atoms with van der Waals surface area (Å²) in [4.78, 5) is 4.23. The van der Waals surface area contributed by atoms with E-state index in [9.17, 15) is 0 Å². The molecule has 0 N–H and O–H groups in total. The van der Waals surface area contributed by atoms with Crippen molar-refractivity contribution in [1.82, 2.24) is 4.98 Å². The van der Waals surface area contributed by atoms with Crippen molar-refractivity contribution in [3.63, 3.8) is 0 Å². The molecule has 92 valence electrons. The summed E-state index contributed by atoms with van der Waals surface area (Å²) in [5.41, 5.74) is 2.15. The van der Waals surface area contributed by atoms with Crippen LogP contribution >= 0.6 is 15.9 Å². The molecule has 2 rings (SSSR count). The Morgan fingerprint density at radius 3 is 2.35 bits per heavy atom. The number of nitrogens with zero attached hydrogens (tertiary/aromatic N) is 2. The van der Waals surface area contributed by atoms with Crippen LogP contribution in [0.15, 0.2) is 35.1 Å². The summed E-state index contributed by atoms with van der Waals surface area (Å²) < 4.78 is 37.1. The quantitative estimate of drug-likeness (QED) is 0.484. The van der Waals surface area contributed by atoms with Gasteiger partial charge in [0.2, 0.25) is 0 Å². The van der Waals surface area contributed by atoms with Gasteiger partial charge in [0.1, 0.15) is 18.1 Å². The zero-order valence-corrected chi connectivity index (χ0v) is 11.0. The van der Waals surface area contributed by atoms with Crippen LogP contribution in [0.5, 0.6) is 0 Å². The molecule has 0 aliphatic carbocycles. The largest absolute Gasteiger partial charge is 0.327 e. The molecule has 0 aliphatic heterocycles. The lowest BCUT2D eigenvalue weighted by Gasteiger charge is -2.17. The fraction of sp³-hybridized carbons (Fsp3) is 0.111. The molecule has 0 unspecified atom stereocenters. The molecule has 2 heterocycles. The highest BCUT2D eigenvalue weighted by atomic mass is 79.9. The molecule has 0 spiro atoms. The predicted octanol–water partition coefficient (Wildman–Crippen LogP) is -2.86. The third-order valence-corrected chi connectivity index (χ3v) is 2.26. The molecule has 0 amide bonds. The van der Waals surface area contributed by atoms with Gasteiger partial charge in [0.05, 0.1) is 4.47 Å². The lowest BCUT2D eigenvalue weighted by Crippen LogP contribution is -2.68. The Bertz CT molecular complexity index is 512. The number of aromatic nitrogens is 2. The van der Waals surface area contributed by atoms with Crippen molar-refractivity contribution in [2.24, 2.45) is 0 Å². The van der Waals surface area contributed by atoms with E-state index in [1.165, 1.54) is 5.69 Å². The summed E-state index contributed by atoms with van der Waals surface area (Å²) in [5, 5.41) is 0. The molecule has 0 aliphatic rings. The summed E-state index contributed by atoms with van der Waals surface area (Å²) in [5.74, 6) is 0. The minimum atomic E-state index is -4.94. The van der Waals surface area contributed by atoms with Gasteiger partial charge >= 0.3 is 5.65 Å². The second kappa shape index (κ2) is 5.67. The van der Waals surface area contributed by atoms with Crippen molar-refractivity contribution in [2.45, 2.75) is 6.92 Å². The van der Waals surface area contributed by atoms with Gasteiger partial charge in [0, 0.05) is 12.1 Å². The van der Waals surface area contributed by atoms with Gasteiger partial charge in [-0.15, -0.1) is 10.2 Å². The first-order valence-corrected chi connectivity index (χ1v) is 6.34. The summed E-state index contributed by atoms with van der Waals surface area (Å²) in [6.45, 7) is 2.06. The number of fused-ring (bicyclic) bond motifs is 1. The molecule has 0 fully saturated rings. The van der Waals surface area contributed by atoms with Crippen LogP contribution in [-0.2, 0) is 0 Å². The third kappa shape index (κ3) is 5.35. The monoisotopic (exact) mass is 322 g/mol. The van der Waals surface area contributed by atoms with Crippen molar-refractivity contribution >= 4 is 21.6 Å². The van der Waals surface area contributed by atoms with E-state index in [1.807, 2.05) is 35.0 Å². The SMILES string of the molecule is Cc1ccnc2ccc(Br)c[n+]12.[O-][Cl+3]([O-])([O-])[O-]. The highest BCUT2D eigenvalue weighted by molar-refractivity contribution is 9.10. The summed E-state index contributed by atoms with van der Waals surface area (Å²) in [7, 11) is -4.94. The molecule has 17 heavy (non-hydrogen) atoms. The van der Waals surface area contributed by atoms with E-state index in [4.69, 9.17) is 18.6 Å². The minimum absolute atomic E-state index is 0.971. The molecular weight excluding hydrogens is 315 g/mol. The maximum atomic E-state index is 8.49. The Balaban J connectivity index is 0.000000249. The number of halogens is 2. The fourth-order valence-electron chi connectivity index (χ4n) is 1.16. The lowest BCUT2D eigenvalue weighted by atomic mass is 10.4. The number of rotatable bonds is 0. The van der Waals surface area contributed by atoms with Crippen molar-refractivity contribution in [3.8, 4) is 0 Å². The van der Waals surface area contributed by atoms with Gasteiger partial charge in [-0.2, -0.15) is 4.40 Å². The van der Waals surface area contributed by atoms with Gasteiger partial charge in [0.15, 0.2) is 0 Å². The maximum absolute atomic E-state index is 8.49. The normalized spacial score (nSPS) is 10.9. The zero-order valence-electron chi connectivity index (χ0n) is 8.67. The van der Waals surface area contributed by atoms with E-state index in [2.05, 4.69) is 27.8 Å². The number of hydrogen-bond acceptors (Lipinski definition) is 5. The van der Waals surface area contributed by atoms with Gasteiger partial charge in [-0.05, 0) is 33.9 Å². The van der Waals surface area contributed by atoms with Crippen LogP contribution < -0.4 is 23.0 Å². The number of pyridine rings is 1. The third-order valence-electron chi connectivity index (χ3n) is 1.79. The van der Waals surface area contributed by atoms with Gasteiger partial charge in [-0.1, -0.05) is 0 Å². The molecule has 0 bridgehead atoms. The van der Waals surface area contributed by atoms with Gasteiger partial charge in [-0.25, -0.2) is 18.6 Å². The maximum Gasteiger partial charge on any atom is 0.327 e. The molecule has 2 aromatic heterocycles. The first-order valence-electron chi connectivity index (χ1n) is 4.31. The Labute approximate surface area is 108 Å². The van der Waals surface area contributed by atoms with E-state index in [0.717, 1.165) is 10.1 Å². The highest BCUT2D eigenvalue weighted by Crippen LogP contribution is 2.06. The molecule has 0 saturated carbocycles. The summed E-state index contributed by atoms with van der Waals surface area (Å²) in [6.07, 6.45) is 3.83. The second-order valence-electron chi connectivity index (χ2n) is 3.04. The van der Waals surface area contributed by atoms with E-state index >= 15 is 0 Å². The van der Waals surface area contributed by atoms with Crippen LogP contribution in [0.3, 0.4) is 0 Å². The molecule has 0 saturated heterocycles. The van der Waals surface area contributed by atoms with Gasteiger partial charge in [0.25, 0.3) is 0 Å². The minimum Gasteiger partial charge on any atom is -0.222 e. The highest BCUT2D eigenvalue weighted by Gasteiger charge is 2.04. The summed E-state index contributed by atoms with van der Waals surface area (Å²) >= 11 is 3.42. The average molecular weight is 324 g/mol. The molecule has 6 nitrogen and oxygen atoms in total. The van der Waals surface area contributed by atoms with Crippen molar-refractivity contribution in [3.05, 3.63) is 40.8 Å². The molecular formula is C9H8BrClN2O4. The van der Waals surface area contributed by atoms with Crippen LogP contribution in [-0.4, -0.2) is 4.98 Å². The van der Waals surface area contributed by atoms with Crippen LogP contribution in [0.2, 0.25) is 0 Å². The standard InChI is InChI=1S/C9H8BrN2.ClHO4/c1-7-4-5-11-9-3-2-8(10)6-12(7)9;2-1(3,4)5/h2-6H,1H3;(H,2,3,4,5)/q+1;/p-1. The van der Waals surface area contributed by atoms with Crippen molar-refractivity contribution < 1.29 is 33.3 Å². The Kier molecular flexibility index (Phi) is 4.75. The van der Waals surface area contributed by atoms with E-state index < -0.39 is 10.2 Å². The molecule has 0 atom stereocenters.